The van der Waals surface area contributed by atoms with Crippen molar-refractivity contribution in [2.75, 3.05) is 0 Å². The van der Waals surface area contributed by atoms with Crippen LogP contribution in [-0.2, 0) is 4.74 Å². The summed E-state index contributed by atoms with van der Waals surface area (Å²) < 4.78 is 164. The van der Waals surface area contributed by atoms with Crippen LogP contribution >= 0.6 is 67.8 Å². The Morgan fingerprint density at radius 2 is 1.25 bits per heavy atom. The zero-order chi connectivity index (χ0) is 25.7. The summed E-state index contributed by atoms with van der Waals surface area (Å²) in [6.45, 7) is -0.0863. The van der Waals surface area contributed by atoms with E-state index in [4.69, 9.17) is 0 Å². The highest BCUT2D eigenvalue weighted by Gasteiger charge is 2.88. The van der Waals surface area contributed by atoms with Gasteiger partial charge < -0.3 is 4.74 Å². The van der Waals surface area contributed by atoms with E-state index in [1.54, 1.807) is 45.2 Å². The van der Waals surface area contributed by atoms with E-state index < -0.39 is 53.7 Å². The molecule has 184 valence electrons. The first-order valence-electron chi connectivity index (χ1n) is 7.60. The van der Waals surface area contributed by atoms with Crippen molar-refractivity contribution in [1.29, 1.82) is 0 Å². The van der Waals surface area contributed by atoms with Crippen LogP contribution in [0.4, 0.5) is 52.7 Å². The lowest BCUT2D eigenvalue weighted by Gasteiger charge is -2.40. The van der Waals surface area contributed by atoms with Gasteiger partial charge in [0, 0.05) is 10.7 Å². The Balaban J connectivity index is 3.37. The number of hydrogen-bond donors (Lipinski definition) is 0. The molecule has 1 aromatic carbocycles. The van der Waals surface area contributed by atoms with Crippen LogP contribution in [-0.4, -0.2) is 48.1 Å². The van der Waals surface area contributed by atoms with Crippen molar-refractivity contribution in [3.8, 4) is 0 Å². The van der Waals surface area contributed by atoms with Crippen molar-refractivity contribution in [2.45, 2.75) is 49.1 Å². The topological polar surface area (TPSA) is 26.3 Å². The van der Waals surface area contributed by atoms with Crippen LogP contribution in [0.5, 0.6) is 0 Å². The summed E-state index contributed by atoms with van der Waals surface area (Å²) in [5.74, 6) is -37.9. The number of rotatable bonds is 8. The summed E-state index contributed by atoms with van der Waals surface area (Å²) in [5.41, 5.74) is -0.478. The molecule has 0 amide bonds. The molecule has 0 aliphatic rings. The van der Waals surface area contributed by atoms with Gasteiger partial charge in [0.1, 0.15) is 0 Å². The highest BCUT2D eigenvalue weighted by atomic mass is 127. The monoisotopic (exact) mass is 828 g/mol. The number of benzene rings is 1. The van der Waals surface area contributed by atoms with Gasteiger partial charge in [-0.2, -0.15) is 43.9 Å². The Labute approximate surface area is 212 Å². The van der Waals surface area contributed by atoms with E-state index in [9.17, 15) is 57.5 Å². The van der Waals surface area contributed by atoms with Crippen molar-refractivity contribution in [3.05, 3.63) is 28.4 Å². The predicted molar refractivity (Wildman–Crippen MR) is 110 cm³/mol. The Morgan fingerprint density at radius 1 is 0.812 bits per heavy atom. The van der Waals surface area contributed by atoms with Crippen molar-refractivity contribution < 1.29 is 62.2 Å². The molecule has 0 bridgehead atoms. The molecule has 0 N–H and O–H groups in total. The molecule has 32 heavy (non-hydrogen) atoms. The van der Waals surface area contributed by atoms with Crippen LogP contribution < -0.4 is 0 Å². The largest absolute Gasteiger partial charge is 0.452 e. The Morgan fingerprint density at radius 3 is 1.69 bits per heavy atom. The van der Waals surface area contributed by atoms with Gasteiger partial charge in [0.25, 0.3) is 0 Å². The maximum Gasteiger partial charge on any atom is 0.384 e. The first-order chi connectivity index (χ1) is 14.1. The molecular formula is C15H7F12I3O2. The molecule has 2 nitrogen and oxygen atoms in total. The summed E-state index contributed by atoms with van der Waals surface area (Å²) in [6.07, 6.45) is -9.16. The van der Waals surface area contributed by atoms with Crippen LogP contribution in [0.25, 0.3) is 0 Å². The number of carbonyl (C=O) groups is 1. The number of esters is 1. The molecule has 0 heterocycles. The van der Waals surface area contributed by atoms with E-state index in [0.29, 0.717) is 7.14 Å². The molecule has 1 atom stereocenters. The van der Waals surface area contributed by atoms with Crippen molar-refractivity contribution in [2.24, 2.45) is 0 Å². The average molecular weight is 828 g/mol. The molecule has 0 aliphatic carbocycles. The molecule has 0 aliphatic heterocycles. The first kappa shape index (κ1) is 30.1. The van der Waals surface area contributed by atoms with Crippen LogP contribution in [0.1, 0.15) is 17.3 Å². The van der Waals surface area contributed by atoms with E-state index in [-0.39, 0.29) is 10.5 Å². The first-order valence-corrected chi connectivity index (χ1v) is 10.8. The highest BCUT2D eigenvalue weighted by Crippen LogP contribution is 2.58. The molecule has 0 aromatic heterocycles. The maximum absolute atomic E-state index is 14.1. The van der Waals surface area contributed by atoms with E-state index in [2.05, 4.69) is 4.74 Å². The molecule has 1 unspecified atom stereocenters. The SMILES string of the molecule is CC(OC(=O)c1cc(I)cc(I)c1I)C(F)(F)C(F)(F)C(F)(F)C(F)(F)C(F)(F)C(F)F. The van der Waals surface area contributed by atoms with E-state index >= 15 is 0 Å². The Bertz CT molecular complexity index is 875. The standard InChI is InChI=1S/C15H7F12I3O2/c1-4(32-9(31)6-2-5(28)3-7(29)8(6)30)11(18,19)13(22,23)15(26,27)14(24,25)12(20,21)10(16)17/h2-4,10H,1H3. The third-order valence-corrected chi connectivity index (χ3v) is 7.58. The zero-order valence-corrected chi connectivity index (χ0v) is 21.3. The van der Waals surface area contributed by atoms with Gasteiger partial charge in [-0.25, -0.2) is 13.6 Å². The normalized spacial score (nSPS) is 15.2. The summed E-state index contributed by atoms with van der Waals surface area (Å²) in [6, 6.07) is 2.54. The van der Waals surface area contributed by atoms with Gasteiger partial charge in [-0.1, -0.05) is 0 Å². The minimum atomic E-state index is -7.68. The number of ether oxygens (including phenoxy) is 1. The second-order valence-electron chi connectivity index (χ2n) is 6.07. The number of carbonyl (C=O) groups excluding carboxylic acids is 1. The van der Waals surface area contributed by atoms with Gasteiger partial charge >= 0.3 is 42.0 Å². The molecular weight excluding hydrogens is 821 g/mol. The van der Waals surface area contributed by atoms with Crippen LogP contribution in [0.2, 0.25) is 0 Å². The third-order valence-electron chi connectivity index (χ3n) is 3.91. The smallest absolute Gasteiger partial charge is 0.384 e. The molecule has 0 saturated heterocycles. The lowest BCUT2D eigenvalue weighted by Crippen LogP contribution is -2.70. The van der Waals surface area contributed by atoms with Gasteiger partial charge in [-0.3, -0.25) is 0 Å². The minimum Gasteiger partial charge on any atom is -0.452 e. The number of hydrogen-bond acceptors (Lipinski definition) is 2. The summed E-state index contributed by atoms with van der Waals surface area (Å²) in [5, 5.41) is 0. The highest BCUT2D eigenvalue weighted by molar-refractivity contribution is 14.1. The van der Waals surface area contributed by atoms with E-state index in [1.165, 1.54) is 28.7 Å². The summed E-state index contributed by atoms with van der Waals surface area (Å²) >= 11 is 4.91. The van der Waals surface area contributed by atoms with Gasteiger partial charge in [0.05, 0.1) is 5.56 Å². The zero-order valence-electron chi connectivity index (χ0n) is 14.8. The third kappa shape index (κ3) is 4.88. The van der Waals surface area contributed by atoms with E-state index in [1.807, 2.05) is 0 Å². The molecule has 17 heteroatoms. The molecule has 1 rings (SSSR count). The Hall–Kier alpha value is 0.0400. The molecule has 0 radical (unpaired) electrons. The van der Waals surface area contributed by atoms with Crippen molar-refractivity contribution >= 4 is 73.7 Å². The number of alkyl halides is 12. The van der Waals surface area contributed by atoms with Crippen LogP contribution in [0.15, 0.2) is 12.1 Å². The summed E-state index contributed by atoms with van der Waals surface area (Å²) in [4.78, 5) is 12.1. The van der Waals surface area contributed by atoms with Gasteiger partial charge in [0.2, 0.25) is 0 Å². The van der Waals surface area contributed by atoms with Gasteiger partial charge in [-0.15, -0.1) is 0 Å². The fraction of sp³-hybridized carbons (Fsp3) is 0.533. The number of halogens is 15. The fourth-order valence-electron chi connectivity index (χ4n) is 2.01. The Kier molecular flexibility index (Phi) is 9.01. The molecule has 0 saturated carbocycles. The quantitative estimate of drug-likeness (QED) is 0.118. The lowest BCUT2D eigenvalue weighted by molar-refractivity contribution is -0.418. The molecule has 0 spiro atoms. The average Bonchev–Trinajstić information content (AvgIpc) is 2.63. The van der Waals surface area contributed by atoms with Crippen LogP contribution in [0.3, 0.4) is 0 Å². The lowest BCUT2D eigenvalue weighted by atomic mass is 9.92. The summed E-state index contributed by atoms with van der Waals surface area (Å²) in [7, 11) is 0. The second-order valence-corrected chi connectivity index (χ2v) is 9.55. The van der Waals surface area contributed by atoms with Gasteiger partial charge in [-0.05, 0) is 86.8 Å². The maximum atomic E-state index is 14.1. The molecule has 0 fully saturated rings. The van der Waals surface area contributed by atoms with Crippen molar-refractivity contribution in [3.63, 3.8) is 0 Å². The molecule has 1 aromatic rings. The minimum absolute atomic E-state index is 0.0735. The van der Waals surface area contributed by atoms with Crippen LogP contribution in [0, 0.1) is 10.7 Å². The van der Waals surface area contributed by atoms with Gasteiger partial charge in [0.15, 0.2) is 6.10 Å². The fourth-order valence-corrected chi connectivity index (χ4v) is 4.39. The predicted octanol–water partition coefficient (Wildman–Crippen LogP) is 7.49. The second kappa shape index (κ2) is 9.59. The van der Waals surface area contributed by atoms with Crippen molar-refractivity contribution in [1.82, 2.24) is 0 Å². The van der Waals surface area contributed by atoms with E-state index in [0.717, 1.165) is 6.07 Å².